The summed E-state index contributed by atoms with van der Waals surface area (Å²) in [5.74, 6) is -2.04. The molecule has 22 heavy (non-hydrogen) atoms. The zero-order valence-corrected chi connectivity index (χ0v) is 12.5. The normalized spacial score (nSPS) is 21.2. The van der Waals surface area contributed by atoms with Crippen LogP contribution in [0.15, 0.2) is 18.2 Å². The topological polar surface area (TPSA) is 75.6 Å². The maximum Gasteiger partial charge on any atom is 0.306 e. The van der Waals surface area contributed by atoms with Gasteiger partial charge in [0.15, 0.2) is 11.6 Å². The molecular weight excluding hydrogens is 289 g/mol. The van der Waals surface area contributed by atoms with Crippen molar-refractivity contribution in [1.82, 2.24) is 5.32 Å². The Hall–Kier alpha value is -2.11. The summed E-state index contributed by atoms with van der Waals surface area (Å²) in [4.78, 5) is 23.1. The fourth-order valence-electron chi connectivity index (χ4n) is 2.81. The number of rotatable bonds is 5. The van der Waals surface area contributed by atoms with Crippen molar-refractivity contribution in [2.24, 2.45) is 11.8 Å². The van der Waals surface area contributed by atoms with Gasteiger partial charge in [-0.3, -0.25) is 9.59 Å². The highest BCUT2D eigenvalue weighted by molar-refractivity contribution is 5.80. The van der Waals surface area contributed by atoms with Crippen LogP contribution in [0.3, 0.4) is 0 Å². The van der Waals surface area contributed by atoms with Gasteiger partial charge in [-0.05, 0) is 37.0 Å². The van der Waals surface area contributed by atoms with E-state index in [1.54, 1.807) is 6.07 Å². The lowest BCUT2D eigenvalue weighted by Crippen LogP contribution is -2.35. The molecule has 1 saturated carbocycles. The molecular formula is C16H20FNO4. The lowest BCUT2D eigenvalue weighted by Gasteiger charge is -2.25. The predicted octanol–water partition coefficient (Wildman–Crippen LogP) is 2.34. The van der Waals surface area contributed by atoms with E-state index in [1.807, 2.05) is 0 Å². The third kappa shape index (κ3) is 3.96. The van der Waals surface area contributed by atoms with E-state index in [2.05, 4.69) is 5.32 Å². The molecule has 120 valence electrons. The average molecular weight is 309 g/mol. The molecule has 1 aliphatic rings. The van der Waals surface area contributed by atoms with Crippen molar-refractivity contribution >= 4 is 11.9 Å². The van der Waals surface area contributed by atoms with Crippen molar-refractivity contribution < 1.29 is 23.8 Å². The van der Waals surface area contributed by atoms with Crippen LogP contribution in [0.4, 0.5) is 4.39 Å². The van der Waals surface area contributed by atoms with Crippen LogP contribution in [0.1, 0.15) is 31.2 Å². The summed E-state index contributed by atoms with van der Waals surface area (Å²) in [5.41, 5.74) is 0.636. The number of aliphatic carboxylic acids is 1. The van der Waals surface area contributed by atoms with E-state index in [9.17, 15) is 14.0 Å². The maximum atomic E-state index is 13.6. The molecule has 2 N–H and O–H groups in total. The molecule has 0 heterocycles. The van der Waals surface area contributed by atoms with E-state index in [-0.39, 0.29) is 24.1 Å². The third-order valence-electron chi connectivity index (χ3n) is 4.08. The summed E-state index contributed by atoms with van der Waals surface area (Å²) >= 11 is 0. The van der Waals surface area contributed by atoms with Crippen LogP contribution in [0, 0.1) is 17.7 Å². The Bertz CT molecular complexity index is 561. The Morgan fingerprint density at radius 2 is 2.09 bits per heavy atom. The molecule has 1 amide bonds. The van der Waals surface area contributed by atoms with Gasteiger partial charge >= 0.3 is 5.97 Å². The number of methoxy groups -OCH3 is 1. The first-order valence-corrected chi connectivity index (χ1v) is 7.34. The van der Waals surface area contributed by atoms with E-state index < -0.39 is 17.7 Å². The summed E-state index contributed by atoms with van der Waals surface area (Å²) < 4.78 is 18.4. The molecule has 1 aliphatic carbocycles. The molecule has 1 fully saturated rings. The Balaban J connectivity index is 1.89. The number of amides is 1. The Morgan fingerprint density at radius 1 is 1.36 bits per heavy atom. The minimum absolute atomic E-state index is 0.159. The zero-order valence-electron chi connectivity index (χ0n) is 12.5. The van der Waals surface area contributed by atoms with Gasteiger partial charge in [0, 0.05) is 12.5 Å². The van der Waals surface area contributed by atoms with Gasteiger partial charge in [-0.15, -0.1) is 0 Å². The van der Waals surface area contributed by atoms with Crippen LogP contribution in [0.5, 0.6) is 5.75 Å². The first kappa shape index (κ1) is 16.3. The number of benzene rings is 1. The molecule has 0 bridgehead atoms. The van der Waals surface area contributed by atoms with Crippen molar-refractivity contribution in [1.29, 1.82) is 0 Å². The smallest absolute Gasteiger partial charge is 0.306 e. The van der Waals surface area contributed by atoms with E-state index in [0.29, 0.717) is 24.8 Å². The van der Waals surface area contributed by atoms with Crippen LogP contribution in [0.25, 0.3) is 0 Å². The van der Waals surface area contributed by atoms with E-state index in [0.717, 1.165) is 6.42 Å². The van der Waals surface area contributed by atoms with Gasteiger partial charge in [0.25, 0.3) is 0 Å². The number of halogens is 1. The van der Waals surface area contributed by atoms with Gasteiger partial charge in [0.1, 0.15) is 0 Å². The average Bonchev–Trinajstić information content (AvgIpc) is 2.52. The van der Waals surface area contributed by atoms with E-state index in [1.165, 1.54) is 19.2 Å². The van der Waals surface area contributed by atoms with Crippen molar-refractivity contribution in [3.8, 4) is 5.75 Å². The molecule has 0 saturated heterocycles. The van der Waals surface area contributed by atoms with Crippen molar-refractivity contribution in [2.75, 3.05) is 7.11 Å². The summed E-state index contributed by atoms with van der Waals surface area (Å²) in [6.45, 7) is 0.216. The van der Waals surface area contributed by atoms with Crippen LogP contribution >= 0.6 is 0 Å². The van der Waals surface area contributed by atoms with Gasteiger partial charge in [-0.1, -0.05) is 12.5 Å². The summed E-state index contributed by atoms with van der Waals surface area (Å²) in [5, 5.41) is 11.8. The van der Waals surface area contributed by atoms with Crippen LogP contribution < -0.4 is 10.1 Å². The third-order valence-corrected chi connectivity index (χ3v) is 4.08. The lowest BCUT2D eigenvalue weighted by molar-refractivity contribution is -0.144. The van der Waals surface area contributed by atoms with Crippen molar-refractivity contribution in [3.63, 3.8) is 0 Å². The van der Waals surface area contributed by atoms with Gasteiger partial charge in [0.05, 0.1) is 13.0 Å². The van der Waals surface area contributed by atoms with Gasteiger partial charge in [-0.2, -0.15) is 0 Å². The first-order chi connectivity index (χ1) is 10.5. The molecule has 6 heteroatoms. The highest BCUT2D eigenvalue weighted by atomic mass is 19.1. The van der Waals surface area contributed by atoms with Crippen LogP contribution in [-0.2, 0) is 16.1 Å². The van der Waals surface area contributed by atoms with Crippen LogP contribution in [0.2, 0.25) is 0 Å². The first-order valence-electron chi connectivity index (χ1n) is 7.34. The SMILES string of the molecule is COc1ccc(CNC(=O)C2CCCC(C(=O)O)C2)cc1F. The Labute approximate surface area is 128 Å². The second-order valence-electron chi connectivity index (χ2n) is 5.59. The molecule has 0 radical (unpaired) electrons. The quantitative estimate of drug-likeness (QED) is 0.875. The Kier molecular flexibility index (Phi) is 5.35. The molecule has 2 rings (SSSR count). The molecule has 2 atom stereocenters. The molecule has 0 aliphatic heterocycles. The highest BCUT2D eigenvalue weighted by Crippen LogP contribution is 2.29. The number of carbonyl (C=O) groups excluding carboxylic acids is 1. The maximum absolute atomic E-state index is 13.6. The minimum Gasteiger partial charge on any atom is -0.494 e. The fourth-order valence-corrected chi connectivity index (χ4v) is 2.81. The molecule has 1 aromatic carbocycles. The molecule has 1 aromatic rings. The summed E-state index contributed by atoms with van der Waals surface area (Å²) in [7, 11) is 1.39. The summed E-state index contributed by atoms with van der Waals surface area (Å²) in [6.07, 6.45) is 2.44. The van der Waals surface area contributed by atoms with Crippen molar-refractivity contribution in [3.05, 3.63) is 29.6 Å². The fraction of sp³-hybridized carbons (Fsp3) is 0.500. The minimum atomic E-state index is -0.838. The van der Waals surface area contributed by atoms with Crippen LogP contribution in [-0.4, -0.2) is 24.1 Å². The molecule has 0 spiro atoms. The number of hydrogen-bond donors (Lipinski definition) is 2. The van der Waals surface area contributed by atoms with Gasteiger partial charge < -0.3 is 15.2 Å². The summed E-state index contributed by atoms with van der Waals surface area (Å²) in [6, 6.07) is 4.51. The van der Waals surface area contributed by atoms with E-state index >= 15 is 0 Å². The zero-order chi connectivity index (χ0) is 16.1. The van der Waals surface area contributed by atoms with Gasteiger partial charge in [0.2, 0.25) is 5.91 Å². The molecule has 2 unspecified atom stereocenters. The number of ether oxygens (including phenoxy) is 1. The second kappa shape index (κ2) is 7.24. The number of hydrogen-bond acceptors (Lipinski definition) is 3. The number of carbonyl (C=O) groups is 2. The number of nitrogens with one attached hydrogen (secondary N) is 1. The number of carboxylic acids is 1. The molecule has 0 aromatic heterocycles. The van der Waals surface area contributed by atoms with E-state index in [4.69, 9.17) is 9.84 Å². The highest BCUT2D eigenvalue weighted by Gasteiger charge is 2.30. The van der Waals surface area contributed by atoms with Crippen molar-refractivity contribution in [2.45, 2.75) is 32.2 Å². The standard InChI is InChI=1S/C16H20FNO4/c1-22-14-6-5-10(7-13(14)17)9-18-15(19)11-3-2-4-12(8-11)16(20)21/h5-7,11-12H,2-4,8-9H2,1H3,(H,18,19)(H,20,21). The lowest BCUT2D eigenvalue weighted by atomic mass is 9.81. The number of carboxylic acid groups (broad SMARTS) is 1. The predicted molar refractivity (Wildman–Crippen MR) is 77.9 cm³/mol. The largest absolute Gasteiger partial charge is 0.494 e. The second-order valence-corrected chi connectivity index (χ2v) is 5.59. The van der Waals surface area contributed by atoms with Gasteiger partial charge in [-0.25, -0.2) is 4.39 Å². The monoisotopic (exact) mass is 309 g/mol. The Morgan fingerprint density at radius 3 is 2.73 bits per heavy atom. The molecule has 5 nitrogen and oxygen atoms in total.